The lowest BCUT2D eigenvalue weighted by Crippen LogP contribution is -2.43. The number of hydrogen-bond donors (Lipinski definition) is 3. The Labute approximate surface area is 240 Å². The van der Waals surface area contributed by atoms with E-state index in [1.807, 2.05) is 18.8 Å². The maximum atomic E-state index is 15.6. The van der Waals surface area contributed by atoms with Gasteiger partial charge in [-0.25, -0.2) is 18.8 Å². The lowest BCUT2D eigenvalue weighted by molar-refractivity contribution is -0.112. The van der Waals surface area contributed by atoms with Crippen molar-refractivity contribution in [3.8, 4) is 5.75 Å². The van der Waals surface area contributed by atoms with Crippen LogP contribution in [0.1, 0.15) is 47.3 Å². The molecule has 6 atom stereocenters. The molecule has 1 saturated heterocycles. The van der Waals surface area contributed by atoms with Crippen molar-refractivity contribution in [1.29, 1.82) is 0 Å². The zero-order valence-electron chi connectivity index (χ0n) is 22.9. The third kappa shape index (κ3) is 8.31. The second kappa shape index (κ2) is 13.8. The maximum Gasteiger partial charge on any atom is 0.459 e. The monoisotopic (exact) mass is 619 g/mol. The molecule has 0 amide bonds. The third-order valence-corrected chi connectivity index (χ3v) is 9.73. The van der Waals surface area contributed by atoms with Crippen molar-refractivity contribution in [3.05, 3.63) is 57.4 Å². The molecule has 0 aliphatic carbocycles. The van der Waals surface area contributed by atoms with Crippen LogP contribution < -0.4 is 20.9 Å². The van der Waals surface area contributed by atoms with Gasteiger partial charge in [-0.15, -0.1) is 11.8 Å². The first-order valence-electron chi connectivity index (χ1n) is 12.7. The normalized spacial score (nSPS) is 25.1. The number of alkyl halides is 1. The first-order valence-corrected chi connectivity index (χ1v) is 16.2. The predicted octanol–water partition coefficient (Wildman–Crippen LogP) is 3.88. The van der Waals surface area contributed by atoms with Gasteiger partial charge in [-0.2, -0.15) is 0 Å². The number of benzene rings is 1. The standard InChI is InChI=1S/C25H35FN3O8PS2/c1-6-13-39-18-9-7-17(8-10-18)37-38(34,28-16(4)22(32)40-15(2)3)35-14-19-21(31)25(5,26)23(36-19)29-12-11-20(30)27-24(29)33/h7-12,15-16,19,21,23,31H,6,13-14H2,1-5H3,(H,28,34)(H,27,30,33)/t16-,19+,21+,23+,25+,38?/m0/s1. The Hall–Kier alpha value is -1.93. The van der Waals surface area contributed by atoms with Gasteiger partial charge in [-0.1, -0.05) is 32.5 Å². The van der Waals surface area contributed by atoms with Gasteiger partial charge >= 0.3 is 13.4 Å². The zero-order valence-corrected chi connectivity index (χ0v) is 25.4. The summed E-state index contributed by atoms with van der Waals surface area (Å²) in [6, 6.07) is 6.91. The molecule has 11 nitrogen and oxygen atoms in total. The Bertz CT molecular complexity index is 1320. The van der Waals surface area contributed by atoms with Crippen molar-refractivity contribution in [1.82, 2.24) is 14.6 Å². The fourth-order valence-corrected chi connectivity index (χ4v) is 6.90. The van der Waals surface area contributed by atoms with Gasteiger partial charge in [0.15, 0.2) is 11.9 Å². The van der Waals surface area contributed by atoms with Gasteiger partial charge in [-0.05, 0) is 50.3 Å². The number of aromatic amines is 1. The molecule has 15 heteroatoms. The molecule has 0 bridgehead atoms. The lowest BCUT2D eigenvalue weighted by Gasteiger charge is -2.25. The van der Waals surface area contributed by atoms with E-state index in [-0.39, 0.29) is 16.1 Å². The Kier molecular flexibility index (Phi) is 11.3. The summed E-state index contributed by atoms with van der Waals surface area (Å²) in [5.41, 5.74) is -4.08. The number of aromatic nitrogens is 2. The van der Waals surface area contributed by atoms with E-state index in [4.69, 9.17) is 13.8 Å². The van der Waals surface area contributed by atoms with Crippen molar-refractivity contribution < 1.29 is 32.6 Å². The summed E-state index contributed by atoms with van der Waals surface area (Å²) in [7, 11) is -4.28. The van der Waals surface area contributed by atoms with Crippen LogP contribution in [0.4, 0.5) is 4.39 Å². The topological polar surface area (TPSA) is 149 Å². The Morgan fingerprint density at radius 2 is 1.95 bits per heavy atom. The molecule has 3 rings (SSSR count). The van der Waals surface area contributed by atoms with Crippen LogP contribution in [0.3, 0.4) is 0 Å². The number of hydrogen-bond acceptors (Lipinski definition) is 10. The van der Waals surface area contributed by atoms with E-state index in [2.05, 4.69) is 12.0 Å². The maximum absolute atomic E-state index is 15.6. The number of H-pyrrole nitrogens is 1. The van der Waals surface area contributed by atoms with E-state index in [9.17, 15) is 24.1 Å². The van der Waals surface area contributed by atoms with Gasteiger partial charge < -0.3 is 14.4 Å². The van der Waals surface area contributed by atoms with Crippen molar-refractivity contribution in [2.45, 2.75) is 81.3 Å². The summed E-state index contributed by atoms with van der Waals surface area (Å²) in [5.74, 6) is 1.13. The summed E-state index contributed by atoms with van der Waals surface area (Å²) in [6.07, 6.45) is -2.72. The number of rotatable bonds is 13. The van der Waals surface area contributed by atoms with Crippen molar-refractivity contribution in [2.24, 2.45) is 0 Å². The molecule has 0 radical (unpaired) electrons. The van der Waals surface area contributed by atoms with Crippen LogP contribution in [0.2, 0.25) is 0 Å². The van der Waals surface area contributed by atoms with Gasteiger partial charge in [0.2, 0.25) is 5.12 Å². The van der Waals surface area contributed by atoms with Crippen LogP contribution in [0.5, 0.6) is 5.75 Å². The van der Waals surface area contributed by atoms with Crippen LogP contribution in [-0.4, -0.2) is 61.3 Å². The quantitative estimate of drug-likeness (QED) is 0.222. The van der Waals surface area contributed by atoms with Crippen LogP contribution in [0.25, 0.3) is 0 Å². The van der Waals surface area contributed by atoms with Gasteiger partial charge in [0.1, 0.15) is 18.0 Å². The average Bonchev–Trinajstić information content (AvgIpc) is 3.10. The minimum Gasteiger partial charge on any atom is -0.413 e. The minimum atomic E-state index is -4.28. The number of ether oxygens (including phenoxy) is 1. The summed E-state index contributed by atoms with van der Waals surface area (Å²) in [5, 5.41) is 13.0. The number of thioether (sulfide) groups is 2. The molecule has 1 aliphatic heterocycles. The minimum absolute atomic E-state index is 0.0105. The number of carbonyl (C=O) groups is 1. The summed E-state index contributed by atoms with van der Waals surface area (Å²) >= 11 is 2.71. The molecule has 2 heterocycles. The number of carbonyl (C=O) groups excluding carboxylic acids is 1. The first-order chi connectivity index (χ1) is 18.8. The SMILES string of the molecule is CCCSc1ccc(OP(=O)(N[C@@H](C)C(=O)SC(C)C)OC[C@H]2O[C@@H](n3ccc(=O)[nH]c3=O)[C@](C)(F)[C@@H]2O)cc1. The highest BCUT2D eigenvalue weighted by Crippen LogP contribution is 2.48. The van der Waals surface area contributed by atoms with E-state index in [0.29, 0.717) is 0 Å². The number of nitrogens with zero attached hydrogens (tertiary/aromatic N) is 1. The fraction of sp³-hybridized carbons (Fsp3) is 0.560. The van der Waals surface area contributed by atoms with Crippen molar-refractivity contribution in [3.63, 3.8) is 0 Å². The lowest BCUT2D eigenvalue weighted by atomic mass is 9.98. The highest BCUT2D eigenvalue weighted by Gasteiger charge is 2.55. The molecule has 1 aromatic carbocycles. The predicted molar refractivity (Wildman–Crippen MR) is 153 cm³/mol. The smallest absolute Gasteiger partial charge is 0.413 e. The highest BCUT2D eigenvalue weighted by atomic mass is 32.2. The number of halogens is 1. The molecule has 0 saturated carbocycles. The Morgan fingerprint density at radius 3 is 2.55 bits per heavy atom. The number of aliphatic hydroxyl groups excluding tert-OH is 1. The first kappa shape index (κ1) is 32.6. The molecule has 1 aromatic heterocycles. The van der Waals surface area contributed by atoms with E-state index in [1.54, 1.807) is 36.0 Å². The van der Waals surface area contributed by atoms with Crippen LogP contribution >= 0.6 is 31.3 Å². The number of nitrogens with one attached hydrogen (secondary N) is 2. The van der Waals surface area contributed by atoms with Gasteiger partial charge in [0, 0.05) is 22.4 Å². The van der Waals surface area contributed by atoms with Gasteiger partial charge in [-0.3, -0.25) is 23.7 Å². The molecule has 0 spiro atoms. The van der Waals surface area contributed by atoms with Crippen LogP contribution in [0.15, 0.2) is 51.0 Å². The van der Waals surface area contributed by atoms with Gasteiger partial charge in [0.25, 0.3) is 5.56 Å². The molecular weight excluding hydrogens is 584 g/mol. The fourth-order valence-electron chi connectivity index (χ4n) is 3.80. The average molecular weight is 620 g/mol. The molecule has 3 N–H and O–H groups in total. The van der Waals surface area contributed by atoms with Gasteiger partial charge in [0.05, 0.1) is 12.6 Å². The van der Waals surface area contributed by atoms with E-state index in [0.717, 1.165) is 52.6 Å². The summed E-state index contributed by atoms with van der Waals surface area (Å²) < 4.78 is 47.1. The molecule has 1 aliphatic rings. The Morgan fingerprint density at radius 1 is 1.27 bits per heavy atom. The van der Waals surface area contributed by atoms with E-state index < -0.39 is 55.7 Å². The third-order valence-electron chi connectivity index (χ3n) is 5.81. The van der Waals surface area contributed by atoms with E-state index >= 15 is 4.39 Å². The number of aliphatic hydroxyl groups is 1. The largest absolute Gasteiger partial charge is 0.459 e. The Balaban J connectivity index is 1.80. The van der Waals surface area contributed by atoms with Crippen LogP contribution in [0, 0.1) is 0 Å². The van der Waals surface area contributed by atoms with Crippen molar-refractivity contribution >= 4 is 36.4 Å². The highest BCUT2D eigenvalue weighted by molar-refractivity contribution is 8.14. The van der Waals surface area contributed by atoms with E-state index in [1.165, 1.54) is 6.92 Å². The molecule has 1 fully saturated rings. The van der Waals surface area contributed by atoms with Crippen LogP contribution in [-0.2, 0) is 18.6 Å². The molecule has 2 aromatic rings. The summed E-state index contributed by atoms with van der Waals surface area (Å²) in [4.78, 5) is 39.2. The second-order valence-corrected chi connectivity index (χ2v) is 14.1. The molecule has 222 valence electrons. The molecule has 1 unspecified atom stereocenters. The summed E-state index contributed by atoms with van der Waals surface area (Å²) in [6.45, 7) is 7.70. The molecule has 40 heavy (non-hydrogen) atoms. The second-order valence-electron chi connectivity index (χ2n) is 9.68. The zero-order chi connectivity index (χ0) is 29.7. The molecular formula is C25H35FN3O8PS2. The van der Waals surface area contributed by atoms with Crippen molar-refractivity contribution in [2.75, 3.05) is 12.4 Å².